The van der Waals surface area contributed by atoms with Crippen LogP contribution in [0.4, 0.5) is 0 Å². The molecule has 2 atom stereocenters. The summed E-state index contributed by atoms with van der Waals surface area (Å²) in [7, 11) is 0. The molecule has 80 valence electrons. The first-order valence-corrected chi connectivity index (χ1v) is 4.85. The predicted molar refractivity (Wildman–Crippen MR) is 53.2 cm³/mol. The molecule has 1 aliphatic heterocycles. The standard InChI is InChI=1S/C10H9ClO4/c1-4-9(11)6-2-5(12)3-7(13)8(6)10(14)15-4/h2-4,9,12-13H,1H3/t4-,9+/m0/s1. The van der Waals surface area contributed by atoms with Crippen molar-refractivity contribution in [2.75, 3.05) is 0 Å². The van der Waals surface area contributed by atoms with E-state index in [1.54, 1.807) is 6.92 Å². The zero-order chi connectivity index (χ0) is 11.2. The van der Waals surface area contributed by atoms with E-state index < -0.39 is 17.5 Å². The zero-order valence-electron chi connectivity index (χ0n) is 7.90. The molecule has 0 amide bonds. The molecule has 4 nitrogen and oxygen atoms in total. The molecule has 0 aliphatic carbocycles. The second-order valence-electron chi connectivity index (χ2n) is 3.44. The number of halogens is 1. The van der Waals surface area contributed by atoms with Gasteiger partial charge in [-0.3, -0.25) is 0 Å². The lowest BCUT2D eigenvalue weighted by Gasteiger charge is -2.26. The largest absolute Gasteiger partial charge is 0.508 e. The summed E-state index contributed by atoms with van der Waals surface area (Å²) < 4.78 is 4.93. The zero-order valence-corrected chi connectivity index (χ0v) is 8.65. The number of carbonyl (C=O) groups excluding carboxylic acids is 1. The molecule has 2 rings (SSSR count). The lowest BCUT2D eigenvalue weighted by Crippen LogP contribution is -2.27. The molecule has 1 heterocycles. The van der Waals surface area contributed by atoms with Crippen molar-refractivity contribution in [2.45, 2.75) is 18.4 Å². The summed E-state index contributed by atoms with van der Waals surface area (Å²) in [5, 5.41) is 18.2. The van der Waals surface area contributed by atoms with Crippen LogP contribution in [0.1, 0.15) is 28.2 Å². The van der Waals surface area contributed by atoms with Crippen LogP contribution in [0.25, 0.3) is 0 Å². The minimum absolute atomic E-state index is 0.0332. The quantitative estimate of drug-likeness (QED) is 0.526. The Morgan fingerprint density at radius 3 is 2.73 bits per heavy atom. The molecule has 2 N–H and O–H groups in total. The van der Waals surface area contributed by atoms with E-state index in [4.69, 9.17) is 16.3 Å². The molecule has 0 saturated carbocycles. The average molecular weight is 229 g/mol. The van der Waals surface area contributed by atoms with Gasteiger partial charge in [-0.1, -0.05) is 0 Å². The summed E-state index contributed by atoms with van der Waals surface area (Å²) in [5.74, 6) is -1.06. The second-order valence-corrected chi connectivity index (χ2v) is 3.91. The predicted octanol–water partition coefficient (Wildman–Crippen LogP) is 1.94. The van der Waals surface area contributed by atoms with E-state index in [-0.39, 0.29) is 17.1 Å². The van der Waals surface area contributed by atoms with Crippen LogP contribution in [0, 0.1) is 0 Å². The van der Waals surface area contributed by atoms with Gasteiger partial charge in [0.15, 0.2) is 0 Å². The van der Waals surface area contributed by atoms with Crippen LogP contribution in [0.3, 0.4) is 0 Å². The van der Waals surface area contributed by atoms with Crippen molar-refractivity contribution < 1.29 is 19.7 Å². The Kier molecular flexibility index (Phi) is 2.23. The van der Waals surface area contributed by atoms with Gasteiger partial charge in [-0.2, -0.15) is 0 Å². The van der Waals surface area contributed by atoms with E-state index in [9.17, 15) is 15.0 Å². The molecule has 0 aromatic heterocycles. The molecule has 0 bridgehead atoms. The van der Waals surface area contributed by atoms with Crippen molar-refractivity contribution in [1.82, 2.24) is 0 Å². The fourth-order valence-electron chi connectivity index (χ4n) is 1.61. The van der Waals surface area contributed by atoms with E-state index in [1.807, 2.05) is 0 Å². The number of aromatic hydroxyl groups is 2. The monoisotopic (exact) mass is 228 g/mol. The second kappa shape index (κ2) is 3.31. The van der Waals surface area contributed by atoms with Crippen LogP contribution in [-0.4, -0.2) is 22.3 Å². The van der Waals surface area contributed by atoms with Crippen molar-refractivity contribution in [3.63, 3.8) is 0 Å². The van der Waals surface area contributed by atoms with Crippen LogP contribution >= 0.6 is 11.6 Å². The Hall–Kier alpha value is -1.42. The molecular formula is C10H9ClO4. The van der Waals surface area contributed by atoms with Crippen LogP contribution in [0.15, 0.2) is 12.1 Å². The van der Waals surface area contributed by atoms with Crippen molar-refractivity contribution in [3.8, 4) is 11.5 Å². The SMILES string of the molecule is C[C@@H]1OC(=O)c2c(O)cc(O)cc2[C@@H]1Cl. The highest BCUT2D eigenvalue weighted by atomic mass is 35.5. The third-order valence-corrected chi connectivity index (χ3v) is 2.93. The highest BCUT2D eigenvalue weighted by Gasteiger charge is 2.34. The number of rotatable bonds is 0. The number of ether oxygens (including phenoxy) is 1. The van der Waals surface area contributed by atoms with E-state index in [2.05, 4.69) is 0 Å². The molecule has 0 spiro atoms. The Morgan fingerprint density at radius 2 is 2.07 bits per heavy atom. The normalized spacial score (nSPS) is 24.5. The van der Waals surface area contributed by atoms with Crippen LogP contribution in [-0.2, 0) is 4.74 Å². The average Bonchev–Trinajstić information content (AvgIpc) is 2.12. The number of phenolic OH excluding ortho intramolecular Hbond substituents is 2. The van der Waals surface area contributed by atoms with Gasteiger partial charge in [0.2, 0.25) is 0 Å². The molecule has 0 radical (unpaired) electrons. The first-order valence-electron chi connectivity index (χ1n) is 4.41. The van der Waals surface area contributed by atoms with Crippen LogP contribution in [0.5, 0.6) is 11.5 Å². The minimum atomic E-state index is -0.619. The Balaban J connectivity index is 2.65. The lowest BCUT2D eigenvalue weighted by atomic mass is 9.97. The maximum Gasteiger partial charge on any atom is 0.342 e. The third kappa shape index (κ3) is 1.51. The number of fused-ring (bicyclic) bond motifs is 1. The maximum atomic E-state index is 11.5. The summed E-state index contributed by atoms with van der Waals surface area (Å²) >= 11 is 6.01. The molecule has 0 saturated heterocycles. The first kappa shape index (κ1) is 10.1. The molecule has 1 aliphatic rings. The summed E-state index contributed by atoms with van der Waals surface area (Å²) in [6.07, 6.45) is -0.479. The van der Waals surface area contributed by atoms with Crippen LogP contribution < -0.4 is 0 Å². The molecule has 1 aromatic rings. The molecule has 1 aromatic carbocycles. The van der Waals surface area contributed by atoms with Gasteiger partial charge in [-0.05, 0) is 18.6 Å². The summed E-state index contributed by atoms with van der Waals surface area (Å²) in [6.45, 7) is 1.65. The maximum absolute atomic E-state index is 11.5. The van der Waals surface area contributed by atoms with Crippen LogP contribution in [0.2, 0.25) is 0 Å². The van der Waals surface area contributed by atoms with Crippen molar-refractivity contribution in [2.24, 2.45) is 0 Å². The minimum Gasteiger partial charge on any atom is -0.508 e. The summed E-state index contributed by atoms with van der Waals surface area (Å²) in [6, 6.07) is 2.45. The molecule has 0 fully saturated rings. The molecule has 5 heteroatoms. The summed E-state index contributed by atoms with van der Waals surface area (Å²) in [5.41, 5.74) is 0.434. The van der Waals surface area contributed by atoms with Gasteiger partial charge in [-0.25, -0.2) is 4.79 Å². The fraction of sp³-hybridized carbons (Fsp3) is 0.300. The fourth-order valence-corrected chi connectivity index (χ4v) is 1.84. The van der Waals surface area contributed by atoms with Gasteiger partial charge in [-0.15, -0.1) is 11.6 Å². The topological polar surface area (TPSA) is 66.8 Å². The van der Waals surface area contributed by atoms with Gasteiger partial charge in [0.25, 0.3) is 0 Å². The Labute approximate surface area is 91.1 Å². The molecular weight excluding hydrogens is 220 g/mol. The van der Waals surface area contributed by atoms with E-state index in [1.165, 1.54) is 6.07 Å². The smallest absolute Gasteiger partial charge is 0.342 e. The number of benzene rings is 1. The number of hydrogen-bond donors (Lipinski definition) is 2. The summed E-state index contributed by atoms with van der Waals surface area (Å²) in [4.78, 5) is 11.5. The van der Waals surface area contributed by atoms with E-state index in [0.29, 0.717) is 5.56 Å². The number of cyclic esters (lactones) is 1. The van der Waals surface area contributed by atoms with Gasteiger partial charge in [0, 0.05) is 6.07 Å². The van der Waals surface area contributed by atoms with Gasteiger partial charge in [0.1, 0.15) is 23.2 Å². The lowest BCUT2D eigenvalue weighted by molar-refractivity contribution is 0.0284. The van der Waals surface area contributed by atoms with Gasteiger partial charge >= 0.3 is 5.97 Å². The Morgan fingerprint density at radius 1 is 1.40 bits per heavy atom. The van der Waals surface area contributed by atoms with Crippen molar-refractivity contribution >= 4 is 17.6 Å². The number of hydrogen-bond acceptors (Lipinski definition) is 4. The van der Waals surface area contributed by atoms with E-state index >= 15 is 0 Å². The van der Waals surface area contributed by atoms with Crippen molar-refractivity contribution in [3.05, 3.63) is 23.3 Å². The Bertz CT molecular complexity index is 430. The number of phenols is 2. The van der Waals surface area contributed by atoms with Gasteiger partial charge in [0.05, 0.1) is 5.38 Å². The number of alkyl halides is 1. The highest BCUT2D eigenvalue weighted by molar-refractivity contribution is 6.22. The van der Waals surface area contributed by atoms with Crippen molar-refractivity contribution in [1.29, 1.82) is 0 Å². The first-order chi connectivity index (χ1) is 7.00. The number of esters is 1. The molecule has 0 unspecified atom stereocenters. The number of carbonyl (C=O) groups is 1. The van der Waals surface area contributed by atoms with E-state index in [0.717, 1.165) is 6.07 Å². The van der Waals surface area contributed by atoms with Gasteiger partial charge < -0.3 is 14.9 Å². The highest BCUT2D eigenvalue weighted by Crippen LogP contribution is 2.40. The molecule has 15 heavy (non-hydrogen) atoms. The third-order valence-electron chi connectivity index (χ3n) is 2.34.